The second-order valence-corrected chi connectivity index (χ2v) is 3.69. The smallest absolute Gasteiger partial charge is 0.282 e. The van der Waals surface area contributed by atoms with E-state index in [9.17, 15) is 9.18 Å². The van der Waals surface area contributed by atoms with Gasteiger partial charge in [0.25, 0.3) is 5.91 Å². The number of hydrazone groups is 1. The summed E-state index contributed by atoms with van der Waals surface area (Å²) in [6.45, 7) is 1.79. The zero-order chi connectivity index (χ0) is 13.0. The van der Waals surface area contributed by atoms with E-state index in [-0.39, 0.29) is 11.5 Å². The molecule has 2 rings (SSSR count). The highest BCUT2D eigenvalue weighted by atomic mass is 19.1. The Hall–Kier alpha value is -2.50. The Morgan fingerprint density at radius 2 is 2.33 bits per heavy atom. The summed E-state index contributed by atoms with van der Waals surface area (Å²) in [5, 5.41) is 10.2. The van der Waals surface area contributed by atoms with Crippen LogP contribution in [0.25, 0.3) is 0 Å². The van der Waals surface area contributed by atoms with Crippen molar-refractivity contribution >= 4 is 12.1 Å². The van der Waals surface area contributed by atoms with Crippen molar-refractivity contribution in [2.24, 2.45) is 5.10 Å². The zero-order valence-corrected chi connectivity index (χ0v) is 9.64. The molecule has 0 saturated heterocycles. The van der Waals surface area contributed by atoms with Crippen LogP contribution in [0.15, 0.2) is 35.4 Å². The van der Waals surface area contributed by atoms with Crippen LogP contribution in [0.2, 0.25) is 0 Å². The minimum absolute atomic E-state index is 0.254. The van der Waals surface area contributed by atoms with Gasteiger partial charge in [-0.25, -0.2) is 9.82 Å². The minimum atomic E-state index is -0.424. The fourth-order valence-electron chi connectivity index (χ4n) is 1.34. The van der Waals surface area contributed by atoms with Gasteiger partial charge in [-0.2, -0.15) is 10.2 Å². The molecular formula is C12H11FN4O. The average Bonchev–Trinajstić information content (AvgIpc) is 2.76. The largest absolute Gasteiger partial charge is 0.291 e. The molecule has 0 atom stereocenters. The Balaban J connectivity index is 1.97. The van der Waals surface area contributed by atoms with E-state index < -0.39 is 5.91 Å². The van der Waals surface area contributed by atoms with Crippen LogP contribution < -0.4 is 5.43 Å². The van der Waals surface area contributed by atoms with E-state index in [0.717, 1.165) is 5.69 Å². The summed E-state index contributed by atoms with van der Waals surface area (Å²) in [6, 6.07) is 7.50. The molecular weight excluding hydrogens is 235 g/mol. The highest BCUT2D eigenvalue weighted by Gasteiger charge is 2.07. The van der Waals surface area contributed by atoms with Crippen LogP contribution in [0.1, 0.15) is 21.7 Å². The zero-order valence-electron chi connectivity index (χ0n) is 9.64. The van der Waals surface area contributed by atoms with Crippen molar-refractivity contribution in [1.82, 2.24) is 15.6 Å². The van der Waals surface area contributed by atoms with Gasteiger partial charge in [0.05, 0.1) is 6.21 Å². The molecule has 0 bridgehead atoms. The number of rotatable bonds is 3. The Morgan fingerprint density at radius 3 is 3.00 bits per heavy atom. The van der Waals surface area contributed by atoms with E-state index in [4.69, 9.17) is 0 Å². The fourth-order valence-corrected chi connectivity index (χ4v) is 1.34. The van der Waals surface area contributed by atoms with E-state index in [0.29, 0.717) is 5.56 Å². The first-order valence-corrected chi connectivity index (χ1v) is 5.26. The molecule has 0 aliphatic carbocycles. The van der Waals surface area contributed by atoms with Crippen molar-refractivity contribution in [2.75, 3.05) is 0 Å². The molecule has 1 amide bonds. The number of benzene rings is 1. The topological polar surface area (TPSA) is 70.1 Å². The number of aryl methyl sites for hydroxylation is 1. The summed E-state index contributed by atoms with van der Waals surface area (Å²) in [5.74, 6) is -0.778. The third-order valence-electron chi connectivity index (χ3n) is 2.17. The Kier molecular flexibility index (Phi) is 3.47. The first-order chi connectivity index (χ1) is 8.65. The van der Waals surface area contributed by atoms with Gasteiger partial charge in [0.15, 0.2) is 5.69 Å². The Labute approximate surface area is 103 Å². The molecule has 0 aliphatic rings. The quantitative estimate of drug-likeness (QED) is 0.638. The number of halogens is 1. The van der Waals surface area contributed by atoms with Crippen LogP contribution >= 0.6 is 0 Å². The van der Waals surface area contributed by atoms with Crippen molar-refractivity contribution in [1.29, 1.82) is 0 Å². The molecule has 0 fully saturated rings. The molecule has 18 heavy (non-hydrogen) atoms. The van der Waals surface area contributed by atoms with Crippen LogP contribution in [0, 0.1) is 12.7 Å². The molecule has 0 radical (unpaired) electrons. The number of amides is 1. The lowest BCUT2D eigenvalue weighted by Gasteiger charge is -1.95. The molecule has 0 unspecified atom stereocenters. The van der Waals surface area contributed by atoms with Crippen LogP contribution in [0.5, 0.6) is 0 Å². The number of carbonyl (C=O) groups excluding carboxylic acids is 1. The van der Waals surface area contributed by atoms with Crippen LogP contribution in [-0.2, 0) is 0 Å². The van der Waals surface area contributed by atoms with Crippen LogP contribution in [0.4, 0.5) is 4.39 Å². The third kappa shape index (κ3) is 3.00. The molecule has 1 aromatic carbocycles. The highest BCUT2D eigenvalue weighted by Crippen LogP contribution is 2.00. The van der Waals surface area contributed by atoms with Gasteiger partial charge in [-0.1, -0.05) is 12.1 Å². The van der Waals surface area contributed by atoms with E-state index >= 15 is 0 Å². The average molecular weight is 246 g/mol. The van der Waals surface area contributed by atoms with Gasteiger partial charge in [-0.3, -0.25) is 9.89 Å². The summed E-state index contributed by atoms with van der Waals surface area (Å²) < 4.78 is 12.9. The molecule has 5 nitrogen and oxygen atoms in total. The molecule has 2 N–H and O–H groups in total. The number of nitrogens with zero attached hydrogens (tertiary/aromatic N) is 2. The SMILES string of the molecule is Cc1cc(C(=O)N/N=C/c2cccc(F)c2)n[nH]1. The number of carbonyl (C=O) groups is 1. The Bertz CT molecular complexity index is 591. The molecule has 0 aliphatic heterocycles. The van der Waals surface area contributed by atoms with Crippen molar-refractivity contribution in [3.05, 3.63) is 53.1 Å². The summed E-state index contributed by atoms with van der Waals surface area (Å²) in [5.41, 5.74) is 3.91. The molecule has 0 saturated carbocycles. The lowest BCUT2D eigenvalue weighted by molar-refractivity contribution is 0.0950. The molecule has 1 heterocycles. The van der Waals surface area contributed by atoms with Gasteiger partial charge in [0.2, 0.25) is 0 Å². The first-order valence-electron chi connectivity index (χ1n) is 5.26. The Morgan fingerprint density at radius 1 is 1.50 bits per heavy atom. The van der Waals surface area contributed by atoms with Crippen LogP contribution in [-0.4, -0.2) is 22.3 Å². The predicted octanol–water partition coefficient (Wildman–Crippen LogP) is 1.62. The van der Waals surface area contributed by atoms with Gasteiger partial charge in [0.1, 0.15) is 5.82 Å². The predicted molar refractivity (Wildman–Crippen MR) is 64.8 cm³/mol. The first kappa shape index (κ1) is 12.0. The number of aromatic amines is 1. The van der Waals surface area contributed by atoms with Crippen molar-refractivity contribution < 1.29 is 9.18 Å². The molecule has 0 spiro atoms. The third-order valence-corrected chi connectivity index (χ3v) is 2.17. The van der Waals surface area contributed by atoms with Crippen molar-refractivity contribution in [2.45, 2.75) is 6.92 Å². The van der Waals surface area contributed by atoms with Gasteiger partial charge < -0.3 is 0 Å². The second kappa shape index (κ2) is 5.22. The summed E-state index contributed by atoms with van der Waals surface area (Å²) in [7, 11) is 0. The maximum Gasteiger partial charge on any atom is 0.291 e. The molecule has 6 heteroatoms. The normalized spacial score (nSPS) is 10.8. The molecule has 1 aromatic heterocycles. The summed E-state index contributed by atoms with van der Waals surface area (Å²) in [6.07, 6.45) is 1.36. The fraction of sp³-hybridized carbons (Fsp3) is 0.0833. The van der Waals surface area contributed by atoms with Gasteiger partial charge in [-0.15, -0.1) is 0 Å². The highest BCUT2D eigenvalue weighted by molar-refractivity contribution is 5.93. The monoisotopic (exact) mass is 246 g/mol. The number of hydrogen-bond acceptors (Lipinski definition) is 3. The van der Waals surface area contributed by atoms with Crippen molar-refractivity contribution in [3.63, 3.8) is 0 Å². The number of hydrogen-bond donors (Lipinski definition) is 2. The van der Waals surface area contributed by atoms with Gasteiger partial charge in [0, 0.05) is 5.69 Å². The van der Waals surface area contributed by atoms with E-state index in [2.05, 4.69) is 20.7 Å². The van der Waals surface area contributed by atoms with E-state index in [1.807, 2.05) is 0 Å². The maximum absolute atomic E-state index is 12.9. The number of aromatic nitrogens is 2. The number of nitrogens with one attached hydrogen (secondary N) is 2. The lowest BCUT2D eigenvalue weighted by Crippen LogP contribution is -2.18. The van der Waals surface area contributed by atoms with Crippen molar-refractivity contribution in [3.8, 4) is 0 Å². The molecule has 2 aromatic rings. The van der Waals surface area contributed by atoms with Gasteiger partial charge >= 0.3 is 0 Å². The molecule has 92 valence electrons. The lowest BCUT2D eigenvalue weighted by atomic mass is 10.2. The van der Waals surface area contributed by atoms with E-state index in [1.54, 1.807) is 25.1 Å². The number of H-pyrrole nitrogens is 1. The van der Waals surface area contributed by atoms with E-state index in [1.165, 1.54) is 18.3 Å². The second-order valence-electron chi connectivity index (χ2n) is 3.69. The van der Waals surface area contributed by atoms with Gasteiger partial charge in [-0.05, 0) is 30.7 Å². The summed E-state index contributed by atoms with van der Waals surface area (Å²) >= 11 is 0. The van der Waals surface area contributed by atoms with Crippen LogP contribution in [0.3, 0.4) is 0 Å². The maximum atomic E-state index is 12.9. The summed E-state index contributed by atoms with van der Waals surface area (Å²) in [4.78, 5) is 11.5. The minimum Gasteiger partial charge on any atom is -0.282 e. The standard InChI is InChI=1S/C12H11FN4O/c1-8-5-11(16-15-8)12(18)17-14-7-9-3-2-4-10(13)6-9/h2-7H,1H3,(H,15,16)(H,17,18)/b14-7+.